The van der Waals surface area contributed by atoms with Crippen molar-refractivity contribution >= 4 is 10.0 Å². The van der Waals surface area contributed by atoms with Crippen molar-refractivity contribution in [2.45, 2.75) is 30.3 Å². The molecule has 1 aromatic heterocycles. The molecular formula is C17H19N3O4S. The summed E-state index contributed by atoms with van der Waals surface area (Å²) >= 11 is 0. The Morgan fingerprint density at radius 3 is 2.92 bits per heavy atom. The second-order valence-corrected chi connectivity index (χ2v) is 8.08. The van der Waals surface area contributed by atoms with Crippen LogP contribution in [0.3, 0.4) is 0 Å². The fraction of sp³-hybridized carbons (Fsp3) is 0.412. The quantitative estimate of drug-likeness (QED) is 0.823. The van der Waals surface area contributed by atoms with Gasteiger partial charge >= 0.3 is 6.01 Å². The van der Waals surface area contributed by atoms with Crippen LogP contribution in [-0.2, 0) is 16.4 Å². The molecule has 0 amide bonds. The fourth-order valence-electron chi connectivity index (χ4n) is 3.19. The van der Waals surface area contributed by atoms with Crippen LogP contribution in [0, 0.1) is 0 Å². The van der Waals surface area contributed by atoms with E-state index in [0.717, 1.165) is 30.6 Å². The van der Waals surface area contributed by atoms with Crippen LogP contribution in [0.15, 0.2) is 41.6 Å². The van der Waals surface area contributed by atoms with Crippen molar-refractivity contribution in [2.75, 3.05) is 19.7 Å². The molecule has 1 aromatic carbocycles. The van der Waals surface area contributed by atoms with Crippen molar-refractivity contribution in [1.29, 1.82) is 0 Å². The highest BCUT2D eigenvalue weighted by Crippen LogP contribution is 2.30. The van der Waals surface area contributed by atoms with Crippen molar-refractivity contribution in [3.63, 3.8) is 0 Å². The Bertz CT molecular complexity index is 857. The summed E-state index contributed by atoms with van der Waals surface area (Å²) in [5, 5.41) is 0. The van der Waals surface area contributed by atoms with Gasteiger partial charge in [-0.05, 0) is 42.7 Å². The zero-order valence-electron chi connectivity index (χ0n) is 13.7. The zero-order valence-corrected chi connectivity index (χ0v) is 14.5. The predicted molar refractivity (Wildman–Crippen MR) is 90.1 cm³/mol. The third-order valence-electron chi connectivity index (χ3n) is 4.45. The lowest BCUT2D eigenvalue weighted by atomic mass is 10.1. The monoisotopic (exact) mass is 361 g/mol. The first kappa shape index (κ1) is 16.3. The first-order valence-electron chi connectivity index (χ1n) is 8.32. The molecular weight excluding hydrogens is 342 g/mol. The summed E-state index contributed by atoms with van der Waals surface area (Å²) in [6.45, 7) is 1.40. The molecule has 4 rings (SSSR count). The van der Waals surface area contributed by atoms with E-state index >= 15 is 0 Å². The van der Waals surface area contributed by atoms with E-state index in [4.69, 9.17) is 9.47 Å². The average Bonchev–Trinajstić information content (AvgIpc) is 3.10. The molecule has 2 aromatic rings. The van der Waals surface area contributed by atoms with Gasteiger partial charge in [0.25, 0.3) is 0 Å². The van der Waals surface area contributed by atoms with Gasteiger partial charge in [-0.15, -0.1) is 0 Å². The largest absolute Gasteiger partial charge is 0.493 e. The van der Waals surface area contributed by atoms with Gasteiger partial charge in [0.2, 0.25) is 10.0 Å². The molecule has 1 unspecified atom stereocenters. The van der Waals surface area contributed by atoms with Gasteiger partial charge in [0.1, 0.15) is 11.9 Å². The predicted octanol–water partition coefficient (Wildman–Crippen LogP) is 1.64. The van der Waals surface area contributed by atoms with Crippen molar-refractivity contribution in [1.82, 2.24) is 14.3 Å². The van der Waals surface area contributed by atoms with Gasteiger partial charge < -0.3 is 9.47 Å². The van der Waals surface area contributed by atoms with Crippen molar-refractivity contribution in [3.8, 4) is 11.8 Å². The number of sulfonamides is 1. The summed E-state index contributed by atoms with van der Waals surface area (Å²) in [6, 6.07) is 7.07. The van der Waals surface area contributed by atoms with Crippen LogP contribution in [0.4, 0.5) is 0 Å². The standard InChI is InChI=1S/C17H19N3O4S/c21-25(22,15-4-5-16-13(11-15)6-10-23-16)20-9-1-3-14(12-20)24-17-18-7-2-8-19-17/h2,4-5,7-8,11,14H,1,3,6,9-10,12H2. The highest BCUT2D eigenvalue weighted by molar-refractivity contribution is 7.89. The molecule has 0 saturated carbocycles. The number of hydrogen-bond donors (Lipinski definition) is 0. The Labute approximate surface area is 146 Å². The average molecular weight is 361 g/mol. The number of rotatable bonds is 4. The first-order chi connectivity index (χ1) is 12.1. The number of piperidine rings is 1. The van der Waals surface area contributed by atoms with E-state index in [-0.39, 0.29) is 12.1 Å². The lowest BCUT2D eigenvalue weighted by Crippen LogP contribution is -2.44. The van der Waals surface area contributed by atoms with Crippen molar-refractivity contribution in [2.24, 2.45) is 0 Å². The van der Waals surface area contributed by atoms with E-state index in [2.05, 4.69) is 9.97 Å². The molecule has 132 valence electrons. The SMILES string of the molecule is O=S(=O)(c1ccc2c(c1)CCO2)N1CCCC(Oc2ncccn2)C1. The highest BCUT2D eigenvalue weighted by Gasteiger charge is 2.32. The van der Waals surface area contributed by atoms with Crippen LogP contribution >= 0.6 is 0 Å². The molecule has 1 saturated heterocycles. The Morgan fingerprint density at radius 2 is 2.08 bits per heavy atom. The number of nitrogens with zero attached hydrogens (tertiary/aromatic N) is 3. The summed E-state index contributed by atoms with van der Waals surface area (Å²) in [5.41, 5.74) is 0.948. The summed E-state index contributed by atoms with van der Waals surface area (Å²) in [4.78, 5) is 8.40. The summed E-state index contributed by atoms with van der Waals surface area (Å²) in [7, 11) is -3.55. The number of hydrogen-bond acceptors (Lipinski definition) is 6. The number of benzene rings is 1. The van der Waals surface area contributed by atoms with E-state index in [0.29, 0.717) is 24.6 Å². The smallest absolute Gasteiger partial charge is 0.316 e. The molecule has 8 heteroatoms. The van der Waals surface area contributed by atoms with Crippen LogP contribution in [0.1, 0.15) is 18.4 Å². The molecule has 7 nitrogen and oxygen atoms in total. The molecule has 0 bridgehead atoms. The van der Waals surface area contributed by atoms with Crippen LogP contribution in [0.5, 0.6) is 11.8 Å². The zero-order chi connectivity index (χ0) is 17.3. The topological polar surface area (TPSA) is 81.6 Å². The second kappa shape index (κ2) is 6.61. The van der Waals surface area contributed by atoms with E-state index < -0.39 is 10.0 Å². The number of fused-ring (bicyclic) bond motifs is 1. The van der Waals surface area contributed by atoms with Crippen LogP contribution in [0.25, 0.3) is 0 Å². The van der Waals surface area contributed by atoms with E-state index in [9.17, 15) is 8.42 Å². The Hall–Kier alpha value is -2.19. The summed E-state index contributed by atoms with van der Waals surface area (Å²) < 4.78 is 38.6. The van der Waals surface area contributed by atoms with Gasteiger partial charge in [0, 0.05) is 25.4 Å². The summed E-state index contributed by atoms with van der Waals surface area (Å²) in [6.07, 6.45) is 5.23. The minimum atomic E-state index is -3.55. The maximum atomic E-state index is 13.0. The molecule has 25 heavy (non-hydrogen) atoms. The molecule has 3 heterocycles. The number of ether oxygens (including phenoxy) is 2. The van der Waals surface area contributed by atoms with Gasteiger partial charge in [0.05, 0.1) is 18.0 Å². The fourth-order valence-corrected chi connectivity index (χ4v) is 4.75. The van der Waals surface area contributed by atoms with Crippen LogP contribution < -0.4 is 9.47 Å². The number of aromatic nitrogens is 2. The molecule has 1 fully saturated rings. The van der Waals surface area contributed by atoms with Gasteiger partial charge in [0.15, 0.2) is 0 Å². The van der Waals surface area contributed by atoms with Gasteiger partial charge in [-0.1, -0.05) is 0 Å². The van der Waals surface area contributed by atoms with Gasteiger partial charge in [-0.3, -0.25) is 0 Å². The van der Waals surface area contributed by atoms with E-state index in [1.54, 1.807) is 36.7 Å². The minimum absolute atomic E-state index is 0.247. The third-order valence-corrected chi connectivity index (χ3v) is 6.31. The maximum Gasteiger partial charge on any atom is 0.316 e. The molecule has 0 aliphatic carbocycles. The second-order valence-electron chi connectivity index (χ2n) is 6.14. The molecule has 0 radical (unpaired) electrons. The minimum Gasteiger partial charge on any atom is -0.493 e. The lowest BCUT2D eigenvalue weighted by molar-refractivity contribution is 0.119. The summed E-state index contributed by atoms with van der Waals surface area (Å²) in [5.74, 6) is 0.778. The Kier molecular flexibility index (Phi) is 4.30. The molecule has 0 spiro atoms. The van der Waals surface area contributed by atoms with E-state index in [1.165, 1.54) is 4.31 Å². The van der Waals surface area contributed by atoms with Crippen molar-refractivity contribution in [3.05, 3.63) is 42.2 Å². The Balaban J connectivity index is 1.52. The Morgan fingerprint density at radius 1 is 1.24 bits per heavy atom. The lowest BCUT2D eigenvalue weighted by Gasteiger charge is -2.31. The third kappa shape index (κ3) is 3.32. The van der Waals surface area contributed by atoms with E-state index in [1.807, 2.05) is 0 Å². The van der Waals surface area contributed by atoms with Crippen LogP contribution in [-0.4, -0.2) is 48.5 Å². The molecule has 2 aliphatic rings. The molecule has 0 N–H and O–H groups in total. The highest BCUT2D eigenvalue weighted by atomic mass is 32.2. The molecule has 2 aliphatic heterocycles. The van der Waals surface area contributed by atoms with Gasteiger partial charge in [-0.25, -0.2) is 18.4 Å². The van der Waals surface area contributed by atoms with Crippen molar-refractivity contribution < 1.29 is 17.9 Å². The first-order valence-corrected chi connectivity index (χ1v) is 9.76. The normalized spacial score (nSPS) is 20.7. The maximum absolute atomic E-state index is 13.0. The van der Waals surface area contributed by atoms with Crippen LogP contribution in [0.2, 0.25) is 0 Å². The van der Waals surface area contributed by atoms with Gasteiger partial charge in [-0.2, -0.15) is 4.31 Å². The molecule has 1 atom stereocenters.